The molecule has 5 aromatic rings. The van der Waals surface area contributed by atoms with Crippen LogP contribution in [-0.4, -0.2) is 30.8 Å². The van der Waals surface area contributed by atoms with Crippen LogP contribution in [0.1, 0.15) is 23.7 Å². The second kappa shape index (κ2) is 10.3. The third-order valence-corrected chi connectivity index (χ3v) is 8.73. The molecule has 1 aromatic heterocycles. The van der Waals surface area contributed by atoms with Gasteiger partial charge in [-0.1, -0.05) is 72.8 Å². The predicted octanol–water partition coefficient (Wildman–Crippen LogP) is 5.23. The van der Waals surface area contributed by atoms with Crippen LogP contribution in [0.25, 0.3) is 11.0 Å². The number of hydrogen-bond acceptors (Lipinski definition) is 5. The fourth-order valence-electron chi connectivity index (χ4n) is 5.06. The van der Waals surface area contributed by atoms with Crippen molar-refractivity contribution in [2.75, 3.05) is 12.9 Å². The van der Waals surface area contributed by atoms with Crippen molar-refractivity contribution in [3.63, 3.8) is 0 Å². The average Bonchev–Trinajstić information content (AvgIpc) is 2.96. The maximum Gasteiger partial charge on any atom is 0.274 e. The van der Waals surface area contributed by atoms with Crippen molar-refractivity contribution in [2.45, 2.75) is 23.8 Å². The van der Waals surface area contributed by atoms with Crippen LogP contribution in [0.15, 0.2) is 119 Å². The lowest BCUT2D eigenvalue weighted by Crippen LogP contribution is -2.44. The number of hydrogen-bond donors (Lipinski definition) is 0. The molecule has 7 heteroatoms. The highest BCUT2D eigenvalue weighted by atomic mass is 32.2. The Labute approximate surface area is 222 Å². The van der Waals surface area contributed by atoms with Crippen LogP contribution in [0.2, 0.25) is 0 Å². The van der Waals surface area contributed by atoms with Crippen LogP contribution in [0.3, 0.4) is 0 Å². The minimum Gasteiger partial charge on any atom is -0.497 e. The molecule has 0 saturated heterocycles. The molecule has 192 valence electrons. The van der Waals surface area contributed by atoms with E-state index in [1.54, 1.807) is 16.7 Å². The van der Waals surface area contributed by atoms with Gasteiger partial charge in [0.1, 0.15) is 11.4 Å². The number of sulfone groups is 1. The number of aromatic nitrogens is 2. The number of ether oxygens (including phenoxy) is 1. The SMILES string of the molecule is CCn1c(=O)c(C(CS(=O)(=O)c2ccc(OC)cc2)(c2ccccc2)c2ccccc2)nc2ccccc21. The first kappa shape index (κ1) is 25.4. The molecule has 5 rings (SSSR count). The first-order valence-corrected chi connectivity index (χ1v) is 14.0. The van der Waals surface area contributed by atoms with Crippen molar-refractivity contribution in [1.82, 2.24) is 9.55 Å². The number of fused-ring (bicyclic) bond motifs is 1. The summed E-state index contributed by atoms with van der Waals surface area (Å²) in [6.07, 6.45) is 0. The number of nitrogens with zero attached hydrogens (tertiary/aromatic N) is 2. The van der Waals surface area contributed by atoms with Gasteiger partial charge in [-0.05, 0) is 54.4 Å². The van der Waals surface area contributed by atoms with Crippen molar-refractivity contribution >= 4 is 20.9 Å². The summed E-state index contributed by atoms with van der Waals surface area (Å²) in [4.78, 5) is 19.2. The van der Waals surface area contributed by atoms with E-state index in [9.17, 15) is 13.2 Å². The zero-order valence-electron chi connectivity index (χ0n) is 21.2. The number of methoxy groups -OCH3 is 1. The molecule has 0 saturated carbocycles. The van der Waals surface area contributed by atoms with Gasteiger partial charge in [0.25, 0.3) is 5.56 Å². The summed E-state index contributed by atoms with van der Waals surface area (Å²) in [6, 6.07) is 32.4. The molecule has 0 atom stereocenters. The van der Waals surface area contributed by atoms with E-state index in [1.807, 2.05) is 91.9 Å². The largest absolute Gasteiger partial charge is 0.497 e. The Morgan fingerprint density at radius 1 is 0.789 bits per heavy atom. The fraction of sp³-hybridized carbons (Fsp3) is 0.161. The lowest BCUT2D eigenvalue weighted by molar-refractivity contribution is 0.414. The van der Waals surface area contributed by atoms with Crippen molar-refractivity contribution < 1.29 is 13.2 Å². The Balaban J connectivity index is 1.88. The minimum absolute atomic E-state index is 0.145. The smallest absolute Gasteiger partial charge is 0.274 e. The van der Waals surface area contributed by atoms with Gasteiger partial charge in [0, 0.05) is 6.54 Å². The molecule has 0 spiro atoms. The molecule has 0 amide bonds. The number of para-hydroxylation sites is 2. The van der Waals surface area contributed by atoms with Crippen molar-refractivity contribution in [1.29, 1.82) is 0 Å². The molecular weight excluding hydrogens is 496 g/mol. The lowest BCUT2D eigenvalue weighted by atomic mass is 9.73. The maximum atomic E-state index is 14.2. The summed E-state index contributed by atoms with van der Waals surface area (Å²) in [7, 11) is -2.39. The Morgan fingerprint density at radius 2 is 1.34 bits per heavy atom. The van der Waals surface area contributed by atoms with Gasteiger partial charge in [0.05, 0.1) is 34.2 Å². The summed E-state index contributed by atoms with van der Waals surface area (Å²) in [5, 5.41) is 0. The van der Waals surface area contributed by atoms with E-state index in [0.29, 0.717) is 34.5 Å². The maximum absolute atomic E-state index is 14.2. The van der Waals surface area contributed by atoms with Crippen molar-refractivity contribution in [2.24, 2.45) is 0 Å². The van der Waals surface area contributed by atoms with Crippen LogP contribution in [-0.2, 0) is 21.8 Å². The van der Waals surface area contributed by atoms with E-state index in [4.69, 9.17) is 9.72 Å². The molecule has 6 nitrogen and oxygen atoms in total. The lowest BCUT2D eigenvalue weighted by Gasteiger charge is -2.34. The molecule has 0 bridgehead atoms. The number of benzene rings is 4. The van der Waals surface area contributed by atoms with Gasteiger partial charge < -0.3 is 9.30 Å². The van der Waals surface area contributed by atoms with Crippen LogP contribution < -0.4 is 10.3 Å². The van der Waals surface area contributed by atoms with Crippen LogP contribution in [0, 0.1) is 0 Å². The van der Waals surface area contributed by atoms with Crippen LogP contribution >= 0.6 is 0 Å². The molecule has 0 fully saturated rings. The van der Waals surface area contributed by atoms with Gasteiger partial charge in [0.2, 0.25) is 0 Å². The molecular formula is C31H28N2O4S. The zero-order chi connectivity index (χ0) is 26.8. The van der Waals surface area contributed by atoms with E-state index < -0.39 is 15.3 Å². The molecule has 38 heavy (non-hydrogen) atoms. The zero-order valence-corrected chi connectivity index (χ0v) is 22.1. The van der Waals surface area contributed by atoms with E-state index in [0.717, 1.165) is 0 Å². The molecule has 0 aliphatic heterocycles. The second-order valence-corrected chi connectivity index (χ2v) is 11.1. The quantitative estimate of drug-likeness (QED) is 0.278. The van der Waals surface area contributed by atoms with Gasteiger partial charge in [-0.25, -0.2) is 13.4 Å². The van der Waals surface area contributed by atoms with Gasteiger partial charge >= 0.3 is 0 Å². The minimum atomic E-state index is -3.92. The summed E-state index contributed by atoms with van der Waals surface area (Å²) >= 11 is 0. The van der Waals surface area contributed by atoms with Gasteiger partial charge in [-0.2, -0.15) is 0 Å². The molecule has 4 aromatic carbocycles. The Bertz CT molecular complexity index is 1690. The Morgan fingerprint density at radius 3 is 1.89 bits per heavy atom. The topological polar surface area (TPSA) is 78.3 Å². The van der Waals surface area contributed by atoms with Crippen LogP contribution in [0.5, 0.6) is 5.75 Å². The van der Waals surface area contributed by atoms with E-state index in [1.165, 1.54) is 19.2 Å². The monoisotopic (exact) mass is 524 g/mol. The molecule has 0 unspecified atom stereocenters. The Hall–Kier alpha value is -4.23. The number of aryl methyl sites for hydroxylation is 1. The van der Waals surface area contributed by atoms with E-state index in [-0.39, 0.29) is 21.9 Å². The normalized spacial score (nSPS) is 11.9. The molecule has 0 aliphatic rings. The van der Waals surface area contributed by atoms with E-state index >= 15 is 0 Å². The van der Waals surface area contributed by atoms with Gasteiger partial charge in [-0.3, -0.25) is 4.79 Å². The average molecular weight is 525 g/mol. The molecule has 0 aliphatic carbocycles. The highest BCUT2D eigenvalue weighted by Gasteiger charge is 2.45. The second-order valence-electron chi connectivity index (χ2n) is 9.07. The third kappa shape index (κ3) is 4.39. The first-order chi connectivity index (χ1) is 18.4. The van der Waals surface area contributed by atoms with Gasteiger partial charge in [0.15, 0.2) is 9.84 Å². The summed E-state index contributed by atoms with van der Waals surface area (Å²) in [6.45, 7) is 2.32. The fourth-order valence-corrected chi connectivity index (χ4v) is 6.81. The third-order valence-electron chi connectivity index (χ3n) is 6.93. The molecule has 1 heterocycles. The summed E-state index contributed by atoms with van der Waals surface area (Å²) in [5.41, 5.74) is 1.16. The summed E-state index contributed by atoms with van der Waals surface area (Å²) < 4.78 is 35.1. The van der Waals surface area contributed by atoms with Crippen LogP contribution in [0.4, 0.5) is 0 Å². The van der Waals surface area contributed by atoms with Crippen molar-refractivity contribution in [3.8, 4) is 5.75 Å². The van der Waals surface area contributed by atoms with E-state index in [2.05, 4.69) is 0 Å². The summed E-state index contributed by atoms with van der Waals surface area (Å²) in [5.74, 6) is 0.174. The van der Waals surface area contributed by atoms with Crippen molar-refractivity contribution in [3.05, 3.63) is 136 Å². The Kier molecular flexibility index (Phi) is 6.87. The van der Waals surface area contributed by atoms with Gasteiger partial charge in [-0.15, -0.1) is 0 Å². The highest BCUT2D eigenvalue weighted by molar-refractivity contribution is 7.91. The highest BCUT2D eigenvalue weighted by Crippen LogP contribution is 2.40. The standard InChI is InChI=1S/C31H28N2O4S/c1-3-33-28-17-11-10-16-27(28)32-29(30(33)34)31(23-12-6-4-7-13-23,24-14-8-5-9-15-24)22-38(35,36)26-20-18-25(37-2)19-21-26/h4-21H,3,22H2,1-2H3. The first-order valence-electron chi connectivity index (χ1n) is 12.4. The predicted molar refractivity (Wildman–Crippen MR) is 149 cm³/mol. The molecule has 0 N–H and O–H groups in total. The molecule has 0 radical (unpaired) electrons. The number of rotatable bonds is 8.